The highest BCUT2D eigenvalue weighted by atomic mass is 16.3. The van der Waals surface area contributed by atoms with Gasteiger partial charge < -0.3 is 14.3 Å². The summed E-state index contributed by atoms with van der Waals surface area (Å²) in [4.78, 5) is 5.97. The van der Waals surface area contributed by atoms with Gasteiger partial charge in [0.05, 0.1) is 5.52 Å². The van der Waals surface area contributed by atoms with Crippen LogP contribution in [0.1, 0.15) is 0 Å². The minimum atomic E-state index is 0.881. The number of nitrogens with zero attached hydrogens (tertiary/aromatic N) is 1. The molecule has 8 rings (SSSR count). The Kier molecular flexibility index (Phi) is 4.82. The highest BCUT2D eigenvalue weighted by Crippen LogP contribution is 2.43. The Morgan fingerprint density at radius 3 is 1.92 bits per heavy atom. The summed E-state index contributed by atoms with van der Waals surface area (Å²) in [7, 11) is 0. The largest absolute Gasteiger partial charge is 0.456 e. The Labute approximate surface area is 225 Å². The van der Waals surface area contributed by atoms with Crippen LogP contribution in [0.25, 0.3) is 54.9 Å². The number of hydrogen-bond donors (Lipinski definition) is 1. The van der Waals surface area contributed by atoms with Crippen LogP contribution in [-0.2, 0) is 0 Å². The first-order chi connectivity index (χ1) is 19.3. The molecule has 0 atom stereocenters. The van der Waals surface area contributed by atoms with Gasteiger partial charge >= 0.3 is 0 Å². The SMILES string of the molecule is c1ccc(N(c2ccccc2)c2ccc3oc4cccc(-c5cccc6c5[nH]c5ccccc56)c4c3c2)cc1. The van der Waals surface area contributed by atoms with Crippen LogP contribution >= 0.6 is 0 Å². The zero-order valence-electron chi connectivity index (χ0n) is 21.1. The molecule has 0 amide bonds. The van der Waals surface area contributed by atoms with Crippen LogP contribution in [0.5, 0.6) is 0 Å². The van der Waals surface area contributed by atoms with Crippen LogP contribution in [0.3, 0.4) is 0 Å². The van der Waals surface area contributed by atoms with Gasteiger partial charge in [0.25, 0.3) is 0 Å². The number of furan rings is 1. The summed E-state index contributed by atoms with van der Waals surface area (Å²) in [5.41, 5.74) is 9.69. The van der Waals surface area contributed by atoms with Crippen molar-refractivity contribution in [1.29, 1.82) is 0 Å². The van der Waals surface area contributed by atoms with Crippen LogP contribution in [0.2, 0.25) is 0 Å². The van der Waals surface area contributed by atoms with E-state index in [9.17, 15) is 0 Å². The summed E-state index contributed by atoms with van der Waals surface area (Å²) in [5, 5.41) is 4.69. The minimum absolute atomic E-state index is 0.881. The second-order valence-corrected chi connectivity index (χ2v) is 9.87. The van der Waals surface area contributed by atoms with Crippen LogP contribution in [-0.4, -0.2) is 4.98 Å². The van der Waals surface area contributed by atoms with E-state index in [0.29, 0.717) is 0 Å². The smallest absolute Gasteiger partial charge is 0.136 e. The predicted octanol–water partition coefficient (Wildman–Crippen LogP) is 10.4. The molecule has 3 heteroatoms. The minimum Gasteiger partial charge on any atom is -0.456 e. The third-order valence-electron chi connectivity index (χ3n) is 7.60. The molecule has 0 bridgehead atoms. The number of aromatic nitrogens is 1. The van der Waals surface area contributed by atoms with Gasteiger partial charge in [-0.2, -0.15) is 0 Å². The van der Waals surface area contributed by atoms with E-state index in [0.717, 1.165) is 55.6 Å². The Morgan fingerprint density at radius 2 is 1.13 bits per heavy atom. The molecule has 1 N–H and O–H groups in total. The monoisotopic (exact) mass is 500 g/mol. The van der Waals surface area contributed by atoms with Crippen molar-refractivity contribution in [3.63, 3.8) is 0 Å². The third kappa shape index (κ3) is 3.44. The molecule has 3 nitrogen and oxygen atoms in total. The highest BCUT2D eigenvalue weighted by Gasteiger charge is 2.18. The topological polar surface area (TPSA) is 32.2 Å². The van der Waals surface area contributed by atoms with E-state index in [-0.39, 0.29) is 0 Å². The highest BCUT2D eigenvalue weighted by molar-refractivity contribution is 6.18. The molecular formula is C36H24N2O. The Hall–Kier alpha value is -5.28. The standard InChI is InChI=1S/C36H24N2O/c1-3-11-24(12-4-1)38(25-13-5-2-6-14-25)26-21-22-33-31(23-26)35-28(16-10-20-34(35)39-33)30-18-9-17-29-27-15-7-8-19-32(27)37-36(29)30/h1-23,37H. The predicted molar refractivity (Wildman–Crippen MR) is 163 cm³/mol. The molecule has 0 aliphatic rings. The lowest BCUT2D eigenvalue weighted by atomic mass is 9.97. The van der Waals surface area contributed by atoms with Gasteiger partial charge in [0.1, 0.15) is 11.2 Å². The van der Waals surface area contributed by atoms with Crippen molar-refractivity contribution in [3.8, 4) is 11.1 Å². The molecule has 184 valence electrons. The van der Waals surface area contributed by atoms with E-state index in [1.54, 1.807) is 0 Å². The number of benzene rings is 6. The second kappa shape index (κ2) is 8.64. The van der Waals surface area contributed by atoms with E-state index in [2.05, 4.69) is 149 Å². The fraction of sp³-hybridized carbons (Fsp3) is 0. The summed E-state index contributed by atoms with van der Waals surface area (Å²) in [6, 6.07) is 48.9. The molecule has 0 radical (unpaired) electrons. The second-order valence-electron chi connectivity index (χ2n) is 9.87. The van der Waals surface area contributed by atoms with E-state index < -0.39 is 0 Å². The van der Waals surface area contributed by atoms with E-state index in [1.165, 1.54) is 16.3 Å². The lowest BCUT2D eigenvalue weighted by Gasteiger charge is -2.25. The zero-order chi connectivity index (χ0) is 25.8. The van der Waals surface area contributed by atoms with Crippen molar-refractivity contribution in [2.24, 2.45) is 0 Å². The van der Waals surface area contributed by atoms with Gasteiger partial charge in [-0.25, -0.2) is 0 Å². The Morgan fingerprint density at radius 1 is 0.462 bits per heavy atom. The number of H-pyrrole nitrogens is 1. The molecule has 0 saturated carbocycles. The van der Waals surface area contributed by atoms with Crippen LogP contribution in [0.15, 0.2) is 144 Å². The average Bonchev–Trinajstić information content (AvgIpc) is 3.57. The van der Waals surface area contributed by atoms with E-state index in [4.69, 9.17) is 4.42 Å². The van der Waals surface area contributed by atoms with Crippen molar-refractivity contribution in [2.45, 2.75) is 0 Å². The van der Waals surface area contributed by atoms with Crippen LogP contribution in [0, 0.1) is 0 Å². The van der Waals surface area contributed by atoms with Crippen molar-refractivity contribution in [1.82, 2.24) is 4.98 Å². The van der Waals surface area contributed by atoms with Crippen molar-refractivity contribution < 1.29 is 4.42 Å². The fourth-order valence-corrected chi connectivity index (χ4v) is 5.88. The van der Waals surface area contributed by atoms with E-state index in [1.807, 2.05) is 0 Å². The van der Waals surface area contributed by atoms with Gasteiger partial charge in [-0.3, -0.25) is 0 Å². The van der Waals surface area contributed by atoms with Gasteiger partial charge in [0.2, 0.25) is 0 Å². The molecule has 2 aromatic heterocycles. The summed E-state index contributed by atoms with van der Waals surface area (Å²) in [5.74, 6) is 0. The average molecular weight is 501 g/mol. The number of fused-ring (bicyclic) bond motifs is 6. The maximum Gasteiger partial charge on any atom is 0.136 e. The first-order valence-electron chi connectivity index (χ1n) is 13.2. The number of anilines is 3. The van der Waals surface area contributed by atoms with Gasteiger partial charge in [-0.1, -0.05) is 84.9 Å². The van der Waals surface area contributed by atoms with Crippen molar-refractivity contribution >= 4 is 60.8 Å². The quantitative estimate of drug-likeness (QED) is 0.261. The molecule has 39 heavy (non-hydrogen) atoms. The number of rotatable bonds is 4. The molecule has 0 saturated heterocycles. The molecule has 2 heterocycles. The van der Waals surface area contributed by atoms with Gasteiger partial charge in [-0.05, 0) is 60.2 Å². The molecule has 0 aliphatic heterocycles. The number of para-hydroxylation sites is 4. The summed E-state index contributed by atoms with van der Waals surface area (Å²) >= 11 is 0. The number of aromatic amines is 1. The number of nitrogens with one attached hydrogen (secondary N) is 1. The lowest BCUT2D eigenvalue weighted by Crippen LogP contribution is -2.09. The summed E-state index contributed by atoms with van der Waals surface area (Å²) in [6.45, 7) is 0. The Bertz CT molecular complexity index is 2080. The number of hydrogen-bond acceptors (Lipinski definition) is 2. The third-order valence-corrected chi connectivity index (χ3v) is 7.60. The molecule has 0 spiro atoms. The van der Waals surface area contributed by atoms with Crippen molar-refractivity contribution in [2.75, 3.05) is 4.90 Å². The van der Waals surface area contributed by atoms with Crippen LogP contribution < -0.4 is 4.90 Å². The molecule has 6 aromatic carbocycles. The summed E-state index contributed by atoms with van der Waals surface area (Å²) < 4.78 is 6.40. The molecule has 8 aromatic rings. The molecule has 0 aliphatic carbocycles. The fourth-order valence-electron chi connectivity index (χ4n) is 5.88. The first-order valence-corrected chi connectivity index (χ1v) is 13.2. The van der Waals surface area contributed by atoms with Gasteiger partial charge in [-0.15, -0.1) is 0 Å². The molecule has 0 unspecified atom stereocenters. The van der Waals surface area contributed by atoms with Crippen LogP contribution in [0.4, 0.5) is 17.1 Å². The first kappa shape index (κ1) is 21.8. The normalized spacial score (nSPS) is 11.6. The Balaban J connectivity index is 1.39. The summed E-state index contributed by atoms with van der Waals surface area (Å²) in [6.07, 6.45) is 0. The van der Waals surface area contributed by atoms with Gasteiger partial charge in [0.15, 0.2) is 0 Å². The molecule has 0 fully saturated rings. The lowest BCUT2D eigenvalue weighted by molar-refractivity contribution is 0.669. The zero-order valence-corrected chi connectivity index (χ0v) is 21.1. The maximum atomic E-state index is 6.40. The van der Waals surface area contributed by atoms with E-state index >= 15 is 0 Å². The molecular weight excluding hydrogens is 476 g/mol. The van der Waals surface area contributed by atoms with Gasteiger partial charge in [0, 0.05) is 49.7 Å². The maximum absolute atomic E-state index is 6.40. The van der Waals surface area contributed by atoms with Crippen molar-refractivity contribution in [3.05, 3.63) is 140 Å².